The van der Waals surface area contributed by atoms with Gasteiger partial charge in [-0.1, -0.05) is 68.8 Å². The lowest BCUT2D eigenvalue weighted by Crippen LogP contribution is -2.42. The molecule has 0 radical (unpaired) electrons. The van der Waals surface area contributed by atoms with Crippen LogP contribution in [0.2, 0.25) is 0 Å². The molecular formula is C27H34N2O5. The summed E-state index contributed by atoms with van der Waals surface area (Å²) in [6.07, 6.45) is 1.68. The second-order valence-electron chi connectivity index (χ2n) is 9.05. The van der Waals surface area contributed by atoms with Gasteiger partial charge in [-0.05, 0) is 41.0 Å². The Labute approximate surface area is 200 Å². The Kier molecular flexibility index (Phi) is 9.08. The number of hydrogen-bond acceptors (Lipinski definition) is 4. The Hall–Kier alpha value is -3.35. The maximum absolute atomic E-state index is 12.6. The number of alkyl carbamates (subject to hydrolysis) is 1. The molecule has 2 aromatic rings. The standard InChI is InChI=1S/C27H34N2O5/c1-18(2)23(26(32)28-15-9-3-4-14-25(30)31)16-29-27(33)34-17-24-21-12-7-5-10-19(21)20-11-6-8-13-22(20)24/h5-8,10-13,18,23-24H,3-4,9,14-17H2,1-2H3,(H,28,32)(H,29,33)(H,30,31). The number of ether oxygens (including phenoxy) is 1. The van der Waals surface area contributed by atoms with E-state index >= 15 is 0 Å². The number of carbonyl (C=O) groups excluding carboxylic acids is 2. The van der Waals surface area contributed by atoms with Crippen molar-refractivity contribution in [3.63, 3.8) is 0 Å². The second kappa shape index (κ2) is 12.2. The Morgan fingerprint density at radius 1 is 0.912 bits per heavy atom. The molecule has 0 bridgehead atoms. The van der Waals surface area contributed by atoms with Crippen LogP contribution in [0.1, 0.15) is 56.6 Å². The molecule has 0 spiro atoms. The molecule has 3 rings (SSSR count). The summed E-state index contributed by atoms with van der Waals surface area (Å²) in [6, 6.07) is 16.3. The predicted octanol–water partition coefficient (Wildman–Crippen LogP) is 4.56. The van der Waals surface area contributed by atoms with Crippen LogP contribution >= 0.6 is 0 Å². The summed E-state index contributed by atoms with van der Waals surface area (Å²) in [5, 5.41) is 14.3. The van der Waals surface area contributed by atoms with Crippen LogP contribution in [0.15, 0.2) is 48.5 Å². The fourth-order valence-corrected chi connectivity index (χ4v) is 4.39. The monoisotopic (exact) mass is 466 g/mol. The zero-order valence-electron chi connectivity index (χ0n) is 19.9. The molecule has 3 N–H and O–H groups in total. The van der Waals surface area contributed by atoms with Gasteiger partial charge in [-0.25, -0.2) is 4.79 Å². The van der Waals surface area contributed by atoms with Crippen LogP contribution in [-0.4, -0.2) is 42.8 Å². The lowest BCUT2D eigenvalue weighted by Gasteiger charge is -2.21. The molecule has 1 aliphatic carbocycles. The van der Waals surface area contributed by atoms with Crippen molar-refractivity contribution in [2.75, 3.05) is 19.7 Å². The molecule has 2 amide bonds. The highest BCUT2D eigenvalue weighted by Gasteiger charge is 2.29. The minimum atomic E-state index is -0.803. The van der Waals surface area contributed by atoms with E-state index in [0.717, 1.165) is 24.0 Å². The van der Waals surface area contributed by atoms with Crippen molar-refractivity contribution in [1.82, 2.24) is 10.6 Å². The molecule has 0 saturated heterocycles. The smallest absolute Gasteiger partial charge is 0.407 e. The molecule has 7 nitrogen and oxygen atoms in total. The summed E-state index contributed by atoms with van der Waals surface area (Å²) in [5.41, 5.74) is 4.65. The normalized spacial score (nSPS) is 13.1. The number of amides is 2. The number of carboxylic acid groups (broad SMARTS) is 1. The summed E-state index contributed by atoms with van der Waals surface area (Å²) in [7, 11) is 0. The first-order chi connectivity index (χ1) is 16.4. The third-order valence-corrected chi connectivity index (χ3v) is 6.32. The summed E-state index contributed by atoms with van der Waals surface area (Å²) < 4.78 is 5.56. The van der Waals surface area contributed by atoms with Gasteiger partial charge in [0.2, 0.25) is 5.91 Å². The number of hydrogen-bond donors (Lipinski definition) is 3. The summed E-state index contributed by atoms with van der Waals surface area (Å²) in [5.74, 6) is -1.26. The molecule has 1 aliphatic rings. The van der Waals surface area contributed by atoms with Crippen molar-refractivity contribution in [2.45, 2.75) is 45.4 Å². The molecule has 1 unspecified atom stereocenters. The number of carbonyl (C=O) groups is 3. The van der Waals surface area contributed by atoms with Crippen LogP contribution in [0, 0.1) is 11.8 Å². The first-order valence-corrected chi connectivity index (χ1v) is 12.0. The van der Waals surface area contributed by atoms with Gasteiger partial charge in [0.05, 0.1) is 5.92 Å². The van der Waals surface area contributed by atoms with Crippen molar-refractivity contribution >= 4 is 18.0 Å². The molecule has 0 saturated carbocycles. The van der Waals surface area contributed by atoms with E-state index in [-0.39, 0.29) is 43.2 Å². The highest BCUT2D eigenvalue weighted by molar-refractivity contribution is 5.80. The van der Waals surface area contributed by atoms with Gasteiger partial charge < -0.3 is 20.5 Å². The molecule has 2 aromatic carbocycles. The topological polar surface area (TPSA) is 105 Å². The van der Waals surface area contributed by atoms with Gasteiger partial charge in [-0.15, -0.1) is 0 Å². The van der Waals surface area contributed by atoms with E-state index in [4.69, 9.17) is 9.84 Å². The van der Waals surface area contributed by atoms with E-state index in [1.165, 1.54) is 11.1 Å². The zero-order chi connectivity index (χ0) is 24.5. The highest BCUT2D eigenvalue weighted by Crippen LogP contribution is 2.44. The van der Waals surface area contributed by atoms with Crippen molar-refractivity contribution in [3.8, 4) is 11.1 Å². The van der Waals surface area contributed by atoms with E-state index in [1.54, 1.807) is 0 Å². The third kappa shape index (κ3) is 6.59. The van der Waals surface area contributed by atoms with Gasteiger partial charge in [0.25, 0.3) is 0 Å². The Morgan fingerprint density at radius 2 is 1.53 bits per heavy atom. The van der Waals surface area contributed by atoms with Crippen LogP contribution in [0.4, 0.5) is 4.79 Å². The summed E-state index contributed by atoms with van der Waals surface area (Å²) in [4.78, 5) is 35.6. The average molecular weight is 467 g/mol. The number of rotatable bonds is 12. The van der Waals surface area contributed by atoms with Gasteiger partial charge >= 0.3 is 12.1 Å². The molecule has 0 fully saturated rings. The minimum absolute atomic E-state index is 0.0107. The number of fused-ring (bicyclic) bond motifs is 3. The maximum atomic E-state index is 12.6. The summed E-state index contributed by atoms with van der Waals surface area (Å²) in [6.45, 7) is 4.80. The molecule has 182 valence electrons. The molecular weight excluding hydrogens is 432 g/mol. The van der Waals surface area contributed by atoms with Gasteiger partial charge in [0, 0.05) is 25.4 Å². The zero-order valence-corrected chi connectivity index (χ0v) is 19.9. The van der Waals surface area contributed by atoms with Crippen LogP contribution < -0.4 is 10.6 Å². The molecule has 7 heteroatoms. The Morgan fingerprint density at radius 3 is 2.12 bits per heavy atom. The number of aliphatic carboxylic acids is 1. The summed E-state index contributed by atoms with van der Waals surface area (Å²) >= 11 is 0. The molecule has 0 aromatic heterocycles. The average Bonchev–Trinajstić information content (AvgIpc) is 3.13. The SMILES string of the molecule is CC(C)C(CNC(=O)OCC1c2ccccc2-c2ccccc21)C(=O)NCCCCCC(=O)O. The van der Waals surface area contributed by atoms with Gasteiger partial charge in [-0.2, -0.15) is 0 Å². The fraction of sp³-hybridized carbons (Fsp3) is 0.444. The molecule has 1 atom stereocenters. The Bertz CT molecular complexity index is 959. The Balaban J connectivity index is 1.46. The van der Waals surface area contributed by atoms with Crippen molar-refractivity contribution in [2.24, 2.45) is 11.8 Å². The van der Waals surface area contributed by atoms with Crippen molar-refractivity contribution in [1.29, 1.82) is 0 Å². The van der Waals surface area contributed by atoms with Gasteiger partial charge in [0.15, 0.2) is 0 Å². The highest BCUT2D eigenvalue weighted by atomic mass is 16.5. The predicted molar refractivity (Wildman–Crippen MR) is 131 cm³/mol. The van der Waals surface area contributed by atoms with E-state index in [2.05, 4.69) is 34.9 Å². The minimum Gasteiger partial charge on any atom is -0.481 e. The van der Waals surface area contributed by atoms with Crippen molar-refractivity contribution < 1.29 is 24.2 Å². The number of unbranched alkanes of at least 4 members (excludes halogenated alkanes) is 2. The van der Waals surface area contributed by atoms with Crippen LogP contribution in [0.25, 0.3) is 11.1 Å². The largest absolute Gasteiger partial charge is 0.481 e. The molecule has 0 aliphatic heterocycles. The van der Waals surface area contributed by atoms with Crippen LogP contribution in [0.3, 0.4) is 0 Å². The van der Waals surface area contributed by atoms with E-state index in [0.29, 0.717) is 13.0 Å². The van der Waals surface area contributed by atoms with Gasteiger partial charge in [0.1, 0.15) is 6.61 Å². The first-order valence-electron chi connectivity index (χ1n) is 12.0. The molecule has 0 heterocycles. The fourth-order valence-electron chi connectivity index (χ4n) is 4.39. The van der Waals surface area contributed by atoms with Crippen LogP contribution in [0.5, 0.6) is 0 Å². The van der Waals surface area contributed by atoms with Crippen molar-refractivity contribution in [3.05, 3.63) is 59.7 Å². The maximum Gasteiger partial charge on any atom is 0.407 e. The quantitative estimate of drug-likeness (QED) is 0.398. The third-order valence-electron chi connectivity index (χ3n) is 6.32. The van der Waals surface area contributed by atoms with E-state index < -0.39 is 12.1 Å². The van der Waals surface area contributed by atoms with E-state index in [1.807, 2.05) is 38.1 Å². The van der Waals surface area contributed by atoms with Gasteiger partial charge in [-0.3, -0.25) is 9.59 Å². The second-order valence-corrected chi connectivity index (χ2v) is 9.05. The lowest BCUT2D eigenvalue weighted by atomic mass is 9.95. The molecule has 34 heavy (non-hydrogen) atoms. The lowest BCUT2D eigenvalue weighted by molar-refractivity contribution is -0.137. The van der Waals surface area contributed by atoms with E-state index in [9.17, 15) is 14.4 Å². The van der Waals surface area contributed by atoms with Crippen LogP contribution in [-0.2, 0) is 14.3 Å². The number of nitrogens with one attached hydrogen (secondary N) is 2. The first kappa shape index (κ1) is 25.3. The number of carboxylic acids is 1. The number of benzene rings is 2.